The summed E-state index contributed by atoms with van der Waals surface area (Å²) in [5.74, 6) is 0.0739. The highest BCUT2D eigenvalue weighted by atomic mass is 16.7. The molecule has 2 aromatic rings. The molecule has 3 heterocycles. The molecule has 4 rings (SSSR count). The van der Waals surface area contributed by atoms with Crippen molar-refractivity contribution in [1.29, 1.82) is 0 Å². The number of imidazole rings is 1. The molecule has 10 nitrogen and oxygen atoms in total. The average molecular weight is 418 g/mol. The van der Waals surface area contributed by atoms with E-state index in [-0.39, 0.29) is 17.9 Å². The first-order valence-corrected chi connectivity index (χ1v) is 9.98. The summed E-state index contributed by atoms with van der Waals surface area (Å²) in [5.41, 5.74) is 1.13. The van der Waals surface area contributed by atoms with Gasteiger partial charge in [0.25, 0.3) is 0 Å². The molecule has 0 saturated carbocycles. The molecule has 0 spiro atoms. The van der Waals surface area contributed by atoms with Crippen LogP contribution in [0.25, 0.3) is 0 Å². The quantitative estimate of drug-likeness (QED) is 0.384. The summed E-state index contributed by atoms with van der Waals surface area (Å²) in [5, 5.41) is 10.8. The summed E-state index contributed by atoms with van der Waals surface area (Å²) < 4.78 is 24.3. The summed E-state index contributed by atoms with van der Waals surface area (Å²) >= 11 is 0. The predicted octanol–water partition coefficient (Wildman–Crippen LogP) is 2.61. The monoisotopic (exact) mass is 418 g/mol. The van der Waals surface area contributed by atoms with E-state index in [9.17, 15) is 10.1 Å². The van der Waals surface area contributed by atoms with Crippen molar-refractivity contribution in [2.45, 2.75) is 37.7 Å². The van der Waals surface area contributed by atoms with Crippen LogP contribution in [0.3, 0.4) is 0 Å². The van der Waals surface area contributed by atoms with Gasteiger partial charge in [0.15, 0.2) is 5.79 Å². The molecule has 1 unspecified atom stereocenters. The Balaban J connectivity index is 1.29. The summed E-state index contributed by atoms with van der Waals surface area (Å²) in [6.07, 6.45) is 3.52. The minimum absolute atomic E-state index is 0.197. The summed E-state index contributed by atoms with van der Waals surface area (Å²) in [7, 11) is 3.38. The van der Waals surface area contributed by atoms with Gasteiger partial charge < -0.3 is 34.0 Å². The number of aromatic nitrogens is 2. The van der Waals surface area contributed by atoms with Crippen LogP contribution >= 0.6 is 0 Å². The third-order valence-corrected chi connectivity index (χ3v) is 5.79. The second-order valence-electron chi connectivity index (χ2n) is 7.47. The summed E-state index contributed by atoms with van der Waals surface area (Å²) in [4.78, 5) is 16.5. The van der Waals surface area contributed by atoms with Gasteiger partial charge in [-0.2, -0.15) is 0 Å². The van der Waals surface area contributed by atoms with Crippen molar-refractivity contribution in [2.75, 3.05) is 38.8 Å². The van der Waals surface area contributed by atoms with Crippen LogP contribution in [0.2, 0.25) is 0 Å². The number of rotatable bonds is 7. The molecular formula is C20H26N4O6. The van der Waals surface area contributed by atoms with Crippen molar-refractivity contribution in [3.05, 3.63) is 40.6 Å². The lowest BCUT2D eigenvalue weighted by Crippen LogP contribution is -2.46. The molecule has 0 aliphatic carbocycles. The van der Waals surface area contributed by atoms with E-state index in [0.29, 0.717) is 19.6 Å². The second-order valence-corrected chi connectivity index (χ2v) is 7.47. The Kier molecular flexibility index (Phi) is 5.78. The fourth-order valence-corrected chi connectivity index (χ4v) is 3.88. The molecule has 0 N–H and O–H groups in total. The van der Waals surface area contributed by atoms with Crippen LogP contribution < -0.4 is 14.4 Å². The van der Waals surface area contributed by atoms with Crippen molar-refractivity contribution < 1.29 is 23.9 Å². The minimum atomic E-state index is -0.519. The maximum Gasteiger partial charge on any atom is 0.414 e. The van der Waals surface area contributed by atoms with Crippen LogP contribution in [0.4, 0.5) is 11.5 Å². The molecule has 1 saturated heterocycles. The molecule has 10 heteroatoms. The molecule has 0 bridgehead atoms. The zero-order chi connectivity index (χ0) is 21.1. The minimum Gasteiger partial charge on any atom is -0.490 e. The van der Waals surface area contributed by atoms with Gasteiger partial charge in [0.1, 0.15) is 24.7 Å². The standard InChI is InChI=1S/C20H26N4O6/c1-27-20(28-2)8-11-22(12-9-20)15-3-5-16(6-4-15)29-14-17-7-10-23-13-18(24(25)26)21-19(23)30-17/h3-6,13,17H,7-12,14H2,1-2H3. The Bertz CT molecular complexity index is 870. The van der Waals surface area contributed by atoms with E-state index in [4.69, 9.17) is 18.9 Å². The number of nitrogens with zero attached hydrogens (tertiary/aromatic N) is 4. The van der Waals surface area contributed by atoms with Gasteiger partial charge in [-0.3, -0.25) is 4.57 Å². The van der Waals surface area contributed by atoms with Gasteiger partial charge in [-0.05, 0) is 29.2 Å². The Morgan fingerprint density at radius 2 is 1.90 bits per heavy atom. The van der Waals surface area contributed by atoms with Crippen molar-refractivity contribution in [3.63, 3.8) is 0 Å². The predicted molar refractivity (Wildman–Crippen MR) is 108 cm³/mol. The Hall–Kier alpha value is -2.85. The average Bonchev–Trinajstić information content (AvgIpc) is 3.22. The van der Waals surface area contributed by atoms with Crippen LogP contribution in [-0.2, 0) is 16.0 Å². The number of piperidine rings is 1. The number of nitro groups is 1. The lowest BCUT2D eigenvalue weighted by molar-refractivity contribution is -0.389. The van der Waals surface area contributed by atoms with E-state index in [2.05, 4.69) is 9.88 Å². The number of aryl methyl sites for hydroxylation is 1. The first-order valence-electron chi connectivity index (χ1n) is 9.98. The van der Waals surface area contributed by atoms with Crippen molar-refractivity contribution in [2.24, 2.45) is 0 Å². The number of methoxy groups -OCH3 is 2. The summed E-state index contributed by atoms with van der Waals surface area (Å²) in [6, 6.07) is 8.24. The smallest absolute Gasteiger partial charge is 0.414 e. The van der Waals surface area contributed by atoms with Crippen LogP contribution in [0, 0.1) is 10.1 Å². The largest absolute Gasteiger partial charge is 0.490 e. The molecule has 162 valence electrons. The number of anilines is 1. The Morgan fingerprint density at radius 3 is 2.53 bits per heavy atom. The third kappa shape index (κ3) is 4.19. The van der Waals surface area contributed by atoms with Gasteiger partial charge in [-0.15, -0.1) is 0 Å². The summed E-state index contributed by atoms with van der Waals surface area (Å²) in [6.45, 7) is 2.68. The third-order valence-electron chi connectivity index (χ3n) is 5.79. The number of ether oxygens (including phenoxy) is 4. The van der Waals surface area contributed by atoms with Crippen LogP contribution in [-0.4, -0.2) is 60.3 Å². The number of hydrogen-bond acceptors (Lipinski definition) is 8. The first-order chi connectivity index (χ1) is 14.5. The normalized spacial score (nSPS) is 20.3. The second kappa shape index (κ2) is 8.49. The number of benzene rings is 1. The Labute approximate surface area is 174 Å². The van der Waals surface area contributed by atoms with Crippen LogP contribution in [0.5, 0.6) is 11.8 Å². The van der Waals surface area contributed by atoms with Crippen LogP contribution in [0.1, 0.15) is 19.3 Å². The molecule has 0 radical (unpaired) electrons. The van der Waals surface area contributed by atoms with Gasteiger partial charge in [0.2, 0.25) is 0 Å². The topological polar surface area (TPSA) is 101 Å². The number of fused-ring (bicyclic) bond motifs is 1. The molecule has 1 fully saturated rings. The maximum absolute atomic E-state index is 10.8. The molecule has 1 atom stereocenters. The van der Waals surface area contributed by atoms with Gasteiger partial charge in [0, 0.05) is 63.8 Å². The van der Waals surface area contributed by atoms with E-state index < -0.39 is 10.7 Å². The fraction of sp³-hybridized carbons (Fsp3) is 0.550. The van der Waals surface area contributed by atoms with Gasteiger partial charge in [-0.25, -0.2) is 0 Å². The zero-order valence-corrected chi connectivity index (χ0v) is 17.2. The Morgan fingerprint density at radius 1 is 1.20 bits per heavy atom. The zero-order valence-electron chi connectivity index (χ0n) is 17.2. The lowest BCUT2D eigenvalue weighted by Gasteiger charge is -2.40. The van der Waals surface area contributed by atoms with Crippen LogP contribution in [0.15, 0.2) is 30.5 Å². The highest BCUT2D eigenvalue weighted by molar-refractivity contribution is 5.49. The van der Waals surface area contributed by atoms with E-state index in [1.807, 2.05) is 24.3 Å². The van der Waals surface area contributed by atoms with Gasteiger partial charge in [0.05, 0.1) is 0 Å². The van der Waals surface area contributed by atoms with Gasteiger partial charge in [-0.1, -0.05) is 0 Å². The van der Waals surface area contributed by atoms with Crippen molar-refractivity contribution >= 4 is 11.5 Å². The molecule has 1 aromatic heterocycles. The van der Waals surface area contributed by atoms with E-state index in [0.717, 1.165) is 37.4 Å². The van der Waals surface area contributed by atoms with Crippen molar-refractivity contribution in [3.8, 4) is 11.8 Å². The highest BCUT2D eigenvalue weighted by Crippen LogP contribution is 2.30. The van der Waals surface area contributed by atoms with Gasteiger partial charge >= 0.3 is 11.8 Å². The lowest BCUT2D eigenvalue weighted by atomic mass is 10.0. The molecule has 2 aliphatic heterocycles. The van der Waals surface area contributed by atoms with E-state index in [1.165, 1.54) is 6.20 Å². The molecule has 0 amide bonds. The highest BCUT2D eigenvalue weighted by Gasteiger charge is 2.34. The molecule has 1 aromatic carbocycles. The molecule has 2 aliphatic rings. The van der Waals surface area contributed by atoms with E-state index in [1.54, 1.807) is 18.8 Å². The fourth-order valence-electron chi connectivity index (χ4n) is 3.88. The van der Waals surface area contributed by atoms with E-state index >= 15 is 0 Å². The SMILES string of the molecule is COC1(OC)CCN(c2ccc(OCC3CCn4cc([N+](=O)[O-])nc4O3)cc2)CC1. The maximum atomic E-state index is 10.8. The molecular weight excluding hydrogens is 392 g/mol. The first kappa shape index (κ1) is 20.4. The number of hydrogen-bond donors (Lipinski definition) is 0. The molecule has 30 heavy (non-hydrogen) atoms. The van der Waals surface area contributed by atoms with Crippen molar-refractivity contribution in [1.82, 2.24) is 9.55 Å².